The molecular formula is C20H21N3O2. The average Bonchev–Trinajstić information content (AvgIpc) is 3.03. The SMILES string of the molecule is Cc1ccc(NC(=O)c2cc(-c3cc(C)c(C)cc3O)n[nH]2)c(C)c1. The van der Waals surface area contributed by atoms with E-state index < -0.39 is 0 Å². The van der Waals surface area contributed by atoms with Gasteiger partial charge in [0.25, 0.3) is 5.91 Å². The van der Waals surface area contributed by atoms with Gasteiger partial charge in [-0.05, 0) is 68.7 Å². The highest BCUT2D eigenvalue weighted by Crippen LogP contribution is 2.31. The second kappa shape index (κ2) is 6.43. The summed E-state index contributed by atoms with van der Waals surface area (Å²) in [5.41, 5.74) is 6.44. The lowest BCUT2D eigenvalue weighted by atomic mass is 10.0. The number of aromatic amines is 1. The molecule has 3 rings (SSSR count). The molecule has 1 heterocycles. The molecule has 0 aliphatic rings. The molecule has 0 aliphatic heterocycles. The quantitative estimate of drug-likeness (QED) is 0.669. The Hall–Kier alpha value is -3.08. The van der Waals surface area contributed by atoms with E-state index in [0.29, 0.717) is 17.0 Å². The minimum atomic E-state index is -0.269. The Labute approximate surface area is 146 Å². The van der Waals surface area contributed by atoms with Gasteiger partial charge < -0.3 is 10.4 Å². The topological polar surface area (TPSA) is 78.0 Å². The zero-order valence-corrected chi connectivity index (χ0v) is 14.8. The summed E-state index contributed by atoms with van der Waals surface area (Å²) in [5.74, 6) is -0.120. The Morgan fingerprint density at radius 1 is 1.00 bits per heavy atom. The lowest BCUT2D eigenvalue weighted by Crippen LogP contribution is -2.13. The average molecular weight is 335 g/mol. The van der Waals surface area contributed by atoms with Gasteiger partial charge in [-0.25, -0.2) is 0 Å². The first-order valence-electron chi connectivity index (χ1n) is 8.10. The van der Waals surface area contributed by atoms with Crippen LogP contribution in [0.3, 0.4) is 0 Å². The summed E-state index contributed by atoms with van der Waals surface area (Å²) in [5, 5.41) is 20.0. The molecule has 0 saturated heterocycles. The van der Waals surface area contributed by atoms with Crippen molar-refractivity contribution in [3.05, 3.63) is 64.3 Å². The van der Waals surface area contributed by atoms with Gasteiger partial charge in [0.15, 0.2) is 0 Å². The molecule has 0 fully saturated rings. The van der Waals surface area contributed by atoms with Crippen LogP contribution in [-0.4, -0.2) is 21.2 Å². The van der Waals surface area contributed by atoms with E-state index >= 15 is 0 Å². The number of H-pyrrole nitrogens is 1. The summed E-state index contributed by atoms with van der Waals surface area (Å²) in [4.78, 5) is 12.5. The lowest BCUT2D eigenvalue weighted by molar-refractivity contribution is 0.102. The number of phenolic OH excluding ortho intramolecular Hbond substituents is 1. The van der Waals surface area contributed by atoms with Crippen LogP contribution in [-0.2, 0) is 0 Å². The number of hydrogen-bond acceptors (Lipinski definition) is 3. The number of anilines is 1. The molecule has 0 unspecified atom stereocenters. The number of phenols is 1. The molecule has 0 atom stereocenters. The zero-order valence-electron chi connectivity index (χ0n) is 14.8. The predicted octanol–water partition coefficient (Wildman–Crippen LogP) is 4.27. The van der Waals surface area contributed by atoms with Crippen molar-refractivity contribution < 1.29 is 9.90 Å². The lowest BCUT2D eigenvalue weighted by Gasteiger charge is -2.08. The summed E-state index contributed by atoms with van der Waals surface area (Å²) in [7, 11) is 0. The standard InChI is InChI=1S/C20H21N3O2/c1-11-5-6-16(14(4)7-11)21-20(25)18-10-17(22-23-18)15-8-12(2)13(3)9-19(15)24/h5-10,24H,1-4H3,(H,21,25)(H,22,23). The first-order chi connectivity index (χ1) is 11.8. The number of benzene rings is 2. The van der Waals surface area contributed by atoms with Crippen molar-refractivity contribution in [2.75, 3.05) is 5.32 Å². The summed E-state index contributed by atoms with van der Waals surface area (Å²) >= 11 is 0. The molecule has 5 nitrogen and oxygen atoms in total. The maximum Gasteiger partial charge on any atom is 0.273 e. The van der Waals surface area contributed by atoms with Crippen molar-refractivity contribution in [2.24, 2.45) is 0 Å². The molecule has 128 valence electrons. The van der Waals surface area contributed by atoms with Gasteiger partial charge in [0.2, 0.25) is 0 Å². The van der Waals surface area contributed by atoms with E-state index in [4.69, 9.17) is 0 Å². The number of carbonyl (C=O) groups excluding carboxylic acids is 1. The third-order valence-electron chi connectivity index (χ3n) is 4.34. The molecule has 0 spiro atoms. The highest BCUT2D eigenvalue weighted by molar-refractivity contribution is 6.03. The Morgan fingerprint density at radius 3 is 2.44 bits per heavy atom. The fraction of sp³-hybridized carbons (Fsp3) is 0.200. The zero-order chi connectivity index (χ0) is 18.1. The molecule has 3 N–H and O–H groups in total. The number of nitrogens with one attached hydrogen (secondary N) is 2. The highest BCUT2D eigenvalue weighted by atomic mass is 16.3. The van der Waals surface area contributed by atoms with Crippen molar-refractivity contribution in [3.8, 4) is 17.0 Å². The van der Waals surface area contributed by atoms with Crippen LogP contribution in [0.4, 0.5) is 5.69 Å². The number of hydrogen-bond donors (Lipinski definition) is 3. The van der Waals surface area contributed by atoms with Crippen LogP contribution in [0.5, 0.6) is 5.75 Å². The summed E-state index contributed by atoms with van der Waals surface area (Å²) in [6, 6.07) is 11.1. The van der Waals surface area contributed by atoms with Crippen LogP contribution in [0.2, 0.25) is 0 Å². The molecule has 5 heteroatoms. The van der Waals surface area contributed by atoms with E-state index in [0.717, 1.165) is 27.9 Å². The number of nitrogens with zero attached hydrogens (tertiary/aromatic N) is 1. The number of aromatic hydroxyl groups is 1. The number of aromatic nitrogens is 2. The molecule has 0 saturated carbocycles. The summed E-state index contributed by atoms with van der Waals surface area (Å²) in [6.07, 6.45) is 0. The van der Waals surface area contributed by atoms with Crippen molar-refractivity contribution in [1.82, 2.24) is 10.2 Å². The smallest absolute Gasteiger partial charge is 0.273 e. The largest absolute Gasteiger partial charge is 0.507 e. The van der Waals surface area contributed by atoms with Crippen molar-refractivity contribution in [1.29, 1.82) is 0 Å². The third-order valence-corrected chi connectivity index (χ3v) is 4.34. The molecule has 2 aromatic carbocycles. The number of carbonyl (C=O) groups is 1. The van der Waals surface area contributed by atoms with Crippen LogP contribution >= 0.6 is 0 Å². The van der Waals surface area contributed by atoms with Crippen molar-refractivity contribution >= 4 is 11.6 Å². The van der Waals surface area contributed by atoms with Crippen LogP contribution < -0.4 is 5.32 Å². The van der Waals surface area contributed by atoms with Gasteiger partial charge in [0, 0.05) is 11.3 Å². The van der Waals surface area contributed by atoms with Gasteiger partial charge in [0.05, 0.1) is 5.69 Å². The first kappa shape index (κ1) is 16.8. The molecule has 3 aromatic rings. The molecule has 1 aromatic heterocycles. The summed E-state index contributed by atoms with van der Waals surface area (Å²) < 4.78 is 0. The molecule has 0 bridgehead atoms. The highest BCUT2D eigenvalue weighted by Gasteiger charge is 2.15. The molecule has 0 radical (unpaired) electrons. The summed E-state index contributed by atoms with van der Waals surface area (Å²) in [6.45, 7) is 7.87. The normalized spacial score (nSPS) is 10.7. The van der Waals surface area contributed by atoms with Crippen molar-refractivity contribution in [2.45, 2.75) is 27.7 Å². The number of rotatable bonds is 3. The van der Waals surface area contributed by atoms with E-state index in [1.807, 2.05) is 52.0 Å². The van der Waals surface area contributed by atoms with Gasteiger partial charge in [0.1, 0.15) is 11.4 Å². The monoisotopic (exact) mass is 335 g/mol. The van der Waals surface area contributed by atoms with E-state index in [2.05, 4.69) is 15.5 Å². The number of aryl methyl sites for hydroxylation is 4. The molecule has 1 amide bonds. The van der Waals surface area contributed by atoms with Crippen LogP contribution in [0.15, 0.2) is 36.4 Å². The van der Waals surface area contributed by atoms with Gasteiger partial charge in [-0.3, -0.25) is 9.89 Å². The third kappa shape index (κ3) is 3.40. The molecule has 0 aliphatic carbocycles. The van der Waals surface area contributed by atoms with Crippen LogP contribution in [0.25, 0.3) is 11.3 Å². The van der Waals surface area contributed by atoms with Gasteiger partial charge in [-0.1, -0.05) is 17.7 Å². The van der Waals surface area contributed by atoms with E-state index in [9.17, 15) is 9.90 Å². The molecular weight excluding hydrogens is 314 g/mol. The Morgan fingerprint density at radius 2 is 1.72 bits per heavy atom. The van der Waals surface area contributed by atoms with Crippen LogP contribution in [0.1, 0.15) is 32.7 Å². The maximum absolute atomic E-state index is 12.5. The second-order valence-electron chi connectivity index (χ2n) is 6.39. The predicted molar refractivity (Wildman–Crippen MR) is 99.0 cm³/mol. The van der Waals surface area contributed by atoms with Gasteiger partial charge >= 0.3 is 0 Å². The van der Waals surface area contributed by atoms with Gasteiger partial charge in [-0.15, -0.1) is 0 Å². The maximum atomic E-state index is 12.5. The van der Waals surface area contributed by atoms with Crippen LogP contribution in [0, 0.1) is 27.7 Å². The minimum absolute atomic E-state index is 0.149. The Balaban J connectivity index is 1.86. The van der Waals surface area contributed by atoms with E-state index in [-0.39, 0.29) is 11.7 Å². The number of amides is 1. The van der Waals surface area contributed by atoms with Gasteiger partial charge in [-0.2, -0.15) is 5.10 Å². The first-order valence-corrected chi connectivity index (χ1v) is 8.10. The fourth-order valence-corrected chi connectivity index (χ4v) is 2.73. The van der Waals surface area contributed by atoms with E-state index in [1.165, 1.54) is 0 Å². The minimum Gasteiger partial charge on any atom is -0.507 e. The Bertz CT molecular complexity index is 958. The van der Waals surface area contributed by atoms with Crippen molar-refractivity contribution in [3.63, 3.8) is 0 Å². The molecule has 25 heavy (non-hydrogen) atoms. The second-order valence-corrected chi connectivity index (χ2v) is 6.39. The van der Waals surface area contributed by atoms with E-state index in [1.54, 1.807) is 12.1 Å². The fourth-order valence-electron chi connectivity index (χ4n) is 2.73. The Kier molecular flexibility index (Phi) is 4.31.